The molecular formula is C12H17F3N4. The molecule has 7 heteroatoms. The zero-order chi connectivity index (χ0) is 14.2. The number of nitrogens with zero attached hydrogens (tertiary/aromatic N) is 3. The molecule has 1 aromatic heterocycles. The van der Waals surface area contributed by atoms with Crippen LogP contribution in [0.1, 0.15) is 12.5 Å². The summed E-state index contributed by atoms with van der Waals surface area (Å²) in [6, 6.07) is 2.04. The van der Waals surface area contributed by atoms with E-state index in [0.29, 0.717) is 12.4 Å². The van der Waals surface area contributed by atoms with Crippen LogP contribution in [0.4, 0.5) is 24.8 Å². The molecule has 1 aliphatic heterocycles. The zero-order valence-electron chi connectivity index (χ0n) is 10.9. The van der Waals surface area contributed by atoms with E-state index in [-0.39, 0.29) is 11.9 Å². The smallest absolute Gasteiger partial charge is 0.384 e. The minimum Gasteiger partial charge on any atom is -0.384 e. The maximum absolute atomic E-state index is 12.8. The molecule has 19 heavy (non-hydrogen) atoms. The minimum atomic E-state index is -4.40. The summed E-state index contributed by atoms with van der Waals surface area (Å²) in [7, 11) is 1.99. The largest absolute Gasteiger partial charge is 0.416 e. The van der Waals surface area contributed by atoms with Gasteiger partial charge in [-0.3, -0.25) is 0 Å². The number of anilines is 2. The van der Waals surface area contributed by atoms with Crippen molar-refractivity contribution in [3.05, 3.63) is 17.7 Å². The quantitative estimate of drug-likeness (QED) is 0.848. The molecule has 1 unspecified atom stereocenters. The van der Waals surface area contributed by atoms with E-state index in [1.807, 2.05) is 18.9 Å². The highest BCUT2D eigenvalue weighted by atomic mass is 19.4. The number of piperazine rings is 1. The van der Waals surface area contributed by atoms with E-state index in [9.17, 15) is 13.2 Å². The van der Waals surface area contributed by atoms with Gasteiger partial charge in [0.2, 0.25) is 0 Å². The predicted molar refractivity (Wildman–Crippen MR) is 68.0 cm³/mol. The molecule has 0 saturated carbocycles. The Morgan fingerprint density at radius 1 is 1.32 bits per heavy atom. The Morgan fingerprint density at radius 3 is 2.58 bits per heavy atom. The maximum atomic E-state index is 12.8. The minimum absolute atomic E-state index is 0.101. The highest BCUT2D eigenvalue weighted by molar-refractivity contribution is 5.50. The van der Waals surface area contributed by atoms with Crippen LogP contribution in [0.25, 0.3) is 0 Å². The average Bonchev–Trinajstić information content (AvgIpc) is 2.26. The monoisotopic (exact) mass is 274 g/mol. The van der Waals surface area contributed by atoms with Crippen LogP contribution in [0.5, 0.6) is 0 Å². The van der Waals surface area contributed by atoms with Crippen LogP contribution >= 0.6 is 0 Å². The van der Waals surface area contributed by atoms with Gasteiger partial charge in [0, 0.05) is 25.7 Å². The van der Waals surface area contributed by atoms with E-state index in [2.05, 4.69) is 9.88 Å². The molecule has 4 nitrogen and oxygen atoms in total. The van der Waals surface area contributed by atoms with Crippen molar-refractivity contribution < 1.29 is 13.2 Å². The van der Waals surface area contributed by atoms with Gasteiger partial charge in [-0.1, -0.05) is 0 Å². The van der Waals surface area contributed by atoms with Gasteiger partial charge in [0.1, 0.15) is 11.6 Å². The molecule has 0 bridgehead atoms. The molecule has 106 valence electrons. The Kier molecular flexibility index (Phi) is 3.58. The van der Waals surface area contributed by atoms with Gasteiger partial charge in [-0.15, -0.1) is 0 Å². The number of rotatable bonds is 1. The van der Waals surface area contributed by atoms with E-state index < -0.39 is 11.7 Å². The first-order chi connectivity index (χ1) is 8.77. The topological polar surface area (TPSA) is 45.4 Å². The summed E-state index contributed by atoms with van der Waals surface area (Å²) in [5, 5.41) is 0. The van der Waals surface area contributed by atoms with Crippen molar-refractivity contribution in [3.8, 4) is 0 Å². The number of alkyl halides is 3. The molecule has 0 spiro atoms. The molecule has 1 atom stereocenters. The van der Waals surface area contributed by atoms with Crippen LogP contribution in [-0.4, -0.2) is 42.6 Å². The Bertz CT molecular complexity index is 461. The highest BCUT2D eigenvalue weighted by Crippen LogP contribution is 2.33. The van der Waals surface area contributed by atoms with Gasteiger partial charge in [0.15, 0.2) is 0 Å². The van der Waals surface area contributed by atoms with E-state index in [4.69, 9.17) is 5.73 Å². The number of pyridine rings is 1. The summed E-state index contributed by atoms with van der Waals surface area (Å²) in [4.78, 5) is 8.04. The van der Waals surface area contributed by atoms with Gasteiger partial charge >= 0.3 is 6.18 Å². The van der Waals surface area contributed by atoms with Gasteiger partial charge in [-0.25, -0.2) is 4.98 Å². The molecular weight excluding hydrogens is 257 g/mol. The van der Waals surface area contributed by atoms with Crippen molar-refractivity contribution in [1.82, 2.24) is 9.88 Å². The summed E-state index contributed by atoms with van der Waals surface area (Å²) < 4.78 is 38.3. The zero-order valence-corrected chi connectivity index (χ0v) is 10.9. The first kappa shape index (κ1) is 13.9. The third-order valence-electron chi connectivity index (χ3n) is 3.28. The van der Waals surface area contributed by atoms with E-state index in [1.54, 1.807) is 0 Å². The Balaban J connectivity index is 2.32. The Morgan fingerprint density at radius 2 is 2.00 bits per heavy atom. The third-order valence-corrected chi connectivity index (χ3v) is 3.28. The molecule has 2 N–H and O–H groups in total. The lowest BCUT2D eigenvalue weighted by Crippen LogP contribution is -2.50. The van der Waals surface area contributed by atoms with Gasteiger partial charge in [0.05, 0.1) is 5.56 Å². The standard InChI is InChI=1S/C12H17F3N4/c1-8-7-18(2)3-4-19(8)11-6-9(12(13,14)15)5-10(16)17-11/h5-6,8H,3-4,7H2,1-2H3,(H2,16,17). The summed E-state index contributed by atoms with van der Waals surface area (Å²) >= 11 is 0. The van der Waals surface area contributed by atoms with Gasteiger partial charge in [-0.05, 0) is 26.1 Å². The van der Waals surface area contributed by atoms with E-state index in [1.165, 1.54) is 0 Å². The lowest BCUT2D eigenvalue weighted by atomic mass is 10.1. The summed E-state index contributed by atoms with van der Waals surface area (Å²) in [5.74, 6) is 0.198. The van der Waals surface area contributed by atoms with Crippen molar-refractivity contribution in [2.24, 2.45) is 0 Å². The molecule has 1 aromatic rings. The summed E-state index contributed by atoms with van der Waals surface area (Å²) in [6.45, 7) is 4.19. The van der Waals surface area contributed by atoms with Crippen LogP contribution in [0, 0.1) is 0 Å². The van der Waals surface area contributed by atoms with Crippen molar-refractivity contribution in [3.63, 3.8) is 0 Å². The fraction of sp³-hybridized carbons (Fsp3) is 0.583. The van der Waals surface area contributed by atoms with Crippen LogP contribution < -0.4 is 10.6 Å². The molecule has 0 radical (unpaired) electrons. The molecule has 1 aliphatic rings. The van der Waals surface area contributed by atoms with Crippen molar-refractivity contribution >= 4 is 11.6 Å². The Hall–Kier alpha value is -1.50. The molecule has 2 heterocycles. The second kappa shape index (κ2) is 4.88. The first-order valence-electron chi connectivity index (χ1n) is 6.07. The number of halogens is 3. The van der Waals surface area contributed by atoms with Crippen molar-refractivity contribution in [2.75, 3.05) is 37.3 Å². The number of hydrogen-bond donors (Lipinski definition) is 1. The van der Waals surface area contributed by atoms with Crippen molar-refractivity contribution in [1.29, 1.82) is 0 Å². The number of nitrogen functional groups attached to an aromatic ring is 1. The van der Waals surface area contributed by atoms with Crippen LogP contribution in [0.2, 0.25) is 0 Å². The molecule has 0 amide bonds. The highest BCUT2D eigenvalue weighted by Gasteiger charge is 2.33. The molecule has 2 rings (SSSR count). The van der Waals surface area contributed by atoms with E-state index in [0.717, 1.165) is 25.2 Å². The number of likely N-dealkylation sites (N-methyl/N-ethyl adjacent to an activating group) is 1. The fourth-order valence-electron chi connectivity index (χ4n) is 2.33. The molecule has 1 saturated heterocycles. The second-order valence-corrected chi connectivity index (χ2v) is 4.94. The van der Waals surface area contributed by atoms with E-state index >= 15 is 0 Å². The lowest BCUT2D eigenvalue weighted by molar-refractivity contribution is -0.137. The Labute approximate surface area is 110 Å². The van der Waals surface area contributed by atoms with Gasteiger partial charge < -0.3 is 15.5 Å². The van der Waals surface area contributed by atoms with Gasteiger partial charge in [0.25, 0.3) is 0 Å². The molecule has 0 aromatic carbocycles. The molecule has 1 fully saturated rings. The predicted octanol–water partition coefficient (Wildman–Crippen LogP) is 1.82. The fourth-order valence-corrected chi connectivity index (χ4v) is 2.33. The third kappa shape index (κ3) is 3.09. The normalized spacial score (nSPS) is 21.7. The SMILES string of the molecule is CC1CN(C)CCN1c1cc(C(F)(F)F)cc(N)n1. The van der Waals surface area contributed by atoms with Crippen LogP contribution in [0.15, 0.2) is 12.1 Å². The molecule has 0 aliphatic carbocycles. The average molecular weight is 274 g/mol. The van der Waals surface area contributed by atoms with Crippen LogP contribution in [-0.2, 0) is 6.18 Å². The van der Waals surface area contributed by atoms with Gasteiger partial charge in [-0.2, -0.15) is 13.2 Å². The first-order valence-corrected chi connectivity index (χ1v) is 6.07. The lowest BCUT2D eigenvalue weighted by Gasteiger charge is -2.39. The van der Waals surface area contributed by atoms with Crippen LogP contribution in [0.3, 0.4) is 0 Å². The second-order valence-electron chi connectivity index (χ2n) is 4.94. The summed E-state index contributed by atoms with van der Waals surface area (Å²) in [5.41, 5.74) is 4.74. The number of aromatic nitrogens is 1. The maximum Gasteiger partial charge on any atom is 0.416 e. The number of nitrogens with two attached hydrogens (primary N) is 1. The van der Waals surface area contributed by atoms with Crippen molar-refractivity contribution in [2.45, 2.75) is 19.1 Å². The number of hydrogen-bond acceptors (Lipinski definition) is 4. The summed E-state index contributed by atoms with van der Waals surface area (Å²) in [6.07, 6.45) is -4.40.